The van der Waals surface area contributed by atoms with E-state index in [2.05, 4.69) is 4.98 Å². The summed E-state index contributed by atoms with van der Waals surface area (Å²) in [7, 11) is 0. The van der Waals surface area contributed by atoms with Crippen molar-refractivity contribution in [3.05, 3.63) is 83.3 Å². The highest BCUT2D eigenvalue weighted by molar-refractivity contribution is 6.15. The van der Waals surface area contributed by atoms with Gasteiger partial charge in [0.25, 0.3) is 0 Å². The number of aromatic nitrogens is 1. The Labute approximate surface area is 154 Å². The van der Waals surface area contributed by atoms with Gasteiger partial charge in [-0.1, -0.05) is 6.07 Å². The number of allylic oxidation sites excluding steroid dienone is 1. The van der Waals surface area contributed by atoms with E-state index >= 15 is 0 Å². The molecule has 6 nitrogen and oxygen atoms in total. The number of fused-ring (bicyclic) bond motifs is 3. The molecule has 0 N–H and O–H groups in total. The molecule has 3 aromatic rings. The van der Waals surface area contributed by atoms with Crippen molar-refractivity contribution in [2.24, 2.45) is 0 Å². The van der Waals surface area contributed by atoms with Crippen LogP contribution in [0.4, 0.5) is 0 Å². The van der Waals surface area contributed by atoms with Crippen LogP contribution in [0.2, 0.25) is 0 Å². The highest BCUT2D eigenvalue weighted by atomic mass is 16.5. The summed E-state index contributed by atoms with van der Waals surface area (Å²) in [5.41, 5.74) is 1.86. The van der Waals surface area contributed by atoms with Gasteiger partial charge in [-0.15, -0.1) is 0 Å². The molecule has 2 aromatic heterocycles. The van der Waals surface area contributed by atoms with Crippen LogP contribution in [0.3, 0.4) is 0 Å². The van der Waals surface area contributed by atoms with E-state index in [1.54, 1.807) is 55.1 Å². The summed E-state index contributed by atoms with van der Waals surface area (Å²) < 4.78 is 16.8. The first-order chi connectivity index (χ1) is 13.2. The van der Waals surface area contributed by atoms with E-state index in [0.29, 0.717) is 28.4 Å². The second-order valence-electron chi connectivity index (χ2n) is 6.33. The topological polar surface area (TPSA) is 78.6 Å². The standard InChI is InChI=1S/C21H13NO5/c23-18-10-14(15-4-2-8-25-15)19-16(26-18)6-5-13-20(24)17(27-21(13)19)9-12-3-1-7-22-11-12/h1-9,11,14H,10H2/b17-9-/t14-/m1/s1. The first-order valence-electron chi connectivity index (χ1n) is 8.46. The monoisotopic (exact) mass is 359 g/mol. The number of Topliss-reactive ketones (excluding diaryl/α,β-unsaturated/α-hetero) is 1. The maximum atomic E-state index is 12.8. The molecule has 2 aliphatic heterocycles. The van der Waals surface area contributed by atoms with Crippen molar-refractivity contribution in [3.8, 4) is 11.5 Å². The van der Waals surface area contributed by atoms with E-state index in [0.717, 1.165) is 5.56 Å². The lowest BCUT2D eigenvalue weighted by Crippen LogP contribution is -2.21. The first-order valence-corrected chi connectivity index (χ1v) is 8.46. The van der Waals surface area contributed by atoms with Crippen LogP contribution in [0.15, 0.2) is 65.2 Å². The van der Waals surface area contributed by atoms with Crippen molar-refractivity contribution in [2.45, 2.75) is 12.3 Å². The molecule has 0 saturated carbocycles. The molecule has 4 heterocycles. The zero-order chi connectivity index (χ0) is 18.4. The molecule has 1 atom stereocenters. The molecule has 27 heavy (non-hydrogen) atoms. The minimum atomic E-state index is -0.364. The van der Waals surface area contributed by atoms with Crippen molar-refractivity contribution in [1.82, 2.24) is 4.98 Å². The van der Waals surface area contributed by atoms with Crippen LogP contribution >= 0.6 is 0 Å². The Kier molecular flexibility index (Phi) is 3.43. The molecule has 2 aliphatic rings. The predicted octanol–water partition coefficient (Wildman–Crippen LogP) is 3.73. The van der Waals surface area contributed by atoms with Crippen LogP contribution in [-0.2, 0) is 4.79 Å². The second-order valence-corrected chi connectivity index (χ2v) is 6.33. The van der Waals surface area contributed by atoms with Crippen LogP contribution in [0, 0.1) is 0 Å². The molecule has 0 unspecified atom stereocenters. The third kappa shape index (κ3) is 2.54. The van der Waals surface area contributed by atoms with Crippen LogP contribution in [-0.4, -0.2) is 16.7 Å². The molecular formula is C21H13NO5. The van der Waals surface area contributed by atoms with Gasteiger partial charge in [0.05, 0.1) is 24.2 Å². The Bertz CT molecular complexity index is 1080. The molecule has 132 valence electrons. The van der Waals surface area contributed by atoms with Crippen molar-refractivity contribution in [2.75, 3.05) is 0 Å². The van der Waals surface area contributed by atoms with Gasteiger partial charge in [-0.25, -0.2) is 0 Å². The molecule has 6 heteroatoms. The number of rotatable bonds is 2. The van der Waals surface area contributed by atoms with Crippen molar-refractivity contribution in [1.29, 1.82) is 0 Å². The number of hydrogen-bond donors (Lipinski definition) is 0. The molecule has 0 spiro atoms. The van der Waals surface area contributed by atoms with Crippen molar-refractivity contribution in [3.63, 3.8) is 0 Å². The smallest absolute Gasteiger partial charge is 0.312 e. The van der Waals surface area contributed by atoms with Gasteiger partial charge in [0.1, 0.15) is 17.3 Å². The lowest BCUT2D eigenvalue weighted by atomic mass is 9.88. The maximum absolute atomic E-state index is 12.8. The number of ketones is 1. The normalized spacial score (nSPS) is 19.4. The summed E-state index contributed by atoms with van der Waals surface area (Å²) in [6.07, 6.45) is 6.63. The van der Waals surface area contributed by atoms with Crippen molar-refractivity contribution < 1.29 is 23.5 Å². The van der Waals surface area contributed by atoms with Crippen LogP contribution < -0.4 is 9.47 Å². The number of furan rings is 1. The maximum Gasteiger partial charge on any atom is 0.312 e. The number of hydrogen-bond acceptors (Lipinski definition) is 6. The van der Waals surface area contributed by atoms with E-state index in [1.165, 1.54) is 0 Å². The Balaban J connectivity index is 1.63. The minimum Gasteiger partial charge on any atom is -0.469 e. The van der Waals surface area contributed by atoms with Gasteiger partial charge in [-0.05, 0) is 42.0 Å². The zero-order valence-corrected chi connectivity index (χ0v) is 14.0. The SMILES string of the molecule is O=C1C[C@H](c2ccco2)c2c(ccc3c2O/C(=C\c2cccnc2)C3=O)O1. The number of pyridine rings is 1. The fourth-order valence-electron chi connectivity index (χ4n) is 3.45. The van der Waals surface area contributed by atoms with Crippen LogP contribution in [0.5, 0.6) is 11.5 Å². The molecular weight excluding hydrogens is 346 g/mol. The predicted molar refractivity (Wildman–Crippen MR) is 94.4 cm³/mol. The van der Waals surface area contributed by atoms with E-state index in [4.69, 9.17) is 13.9 Å². The Hall–Kier alpha value is -3.67. The molecule has 0 saturated heterocycles. The van der Waals surface area contributed by atoms with Gasteiger partial charge in [0, 0.05) is 18.0 Å². The summed E-state index contributed by atoms with van der Waals surface area (Å²) in [4.78, 5) is 28.9. The minimum absolute atomic E-state index is 0.121. The van der Waals surface area contributed by atoms with Gasteiger partial charge in [0.2, 0.25) is 5.78 Å². The number of esters is 1. The van der Waals surface area contributed by atoms with Gasteiger partial charge < -0.3 is 13.9 Å². The Morgan fingerprint density at radius 2 is 2.00 bits per heavy atom. The molecule has 0 bridgehead atoms. The molecule has 5 rings (SSSR count). The highest BCUT2D eigenvalue weighted by Crippen LogP contribution is 2.48. The molecule has 0 aliphatic carbocycles. The Morgan fingerprint density at radius 1 is 1.07 bits per heavy atom. The van der Waals surface area contributed by atoms with Gasteiger partial charge >= 0.3 is 5.97 Å². The second kappa shape index (κ2) is 5.95. The number of carbonyl (C=O) groups excluding carboxylic acids is 2. The quantitative estimate of drug-likeness (QED) is 0.394. The number of carbonyl (C=O) groups is 2. The van der Waals surface area contributed by atoms with Gasteiger partial charge in [-0.3, -0.25) is 14.6 Å². The van der Waals surface area contributed by atoms with Crippen molar-refractivity contribution >= 4 is 17.8 Å². The summed E-state index contributed by atoms with van der Waals surface area (Å²) in [5.74, 6) is 0.717. The highest BCUT2D eigenvalue weighted by Gasteiger charge is 2.39. The summed E-state index contributed by atoms with van der Waals surface area (Å²) in [6, 6.07) is 10.4. The summed E-state index contributed by atoms with van der Waals surface area (Å²) >= 11 is 0. The van der Waals surface area contributed by atoms with E-state index in [9.17, 15) is 9.59 Å². The largest absolute Gasteiger partial charge is 0.469 e. The number of nitrogens with zero attached hydrogens (tertiary/aromatic N) is 1. The summed E-state index contributed by atoms with van der Waals surface area (Å²) in [5, 5.41) is 0. The molecule has 0 amide bonds. The van der Waals surface area contributed by atoms with Gasteiger partial charge in [-0.2, -0.15) is 0 Å². The molecule has 1 aromatic carbocycles. The van der Waals surface area contributed by atoms with Crippen LogP contribution in [0.25, 0.3) is 6.08 Å². The third-order valence-electron chi connectivity index (χ3n) is 4.65. The first kappa shape index (κ1) is 15.6. The van der Waals surface area contributed by atoms with E-state index < -0.39 is 0 Å². The average Bonchev–Trinajstić information content (AvgIpc) is 3.31. The molecule has 0 fully saturated rings. The number of ether oxygens (including phenoxy) is 2. The van der Waals surface area contributed by atoms with E-state index in [1.807, 2.05) is 6.07 Å². The van der Waals surface area contributed by atoms with Gasteiger partial charge in [0.15, 0.2) is 5.76 Å². The average molecular weight is 359 g/mol. The lowest BCUT2D eigenvalue weighted by molar-refractivity contribution is -0.135. The lowest BCUT2D eigenvalue weighted by Gasteiger charge is -2.24. The fourth-order valence-corrected chi connectivity index (χ4v) is 3.45. The number of benzene rings is 1. The third-order valence-corrected chi connectivity index (χ3v) is 4.65. The fraction of sp³-hybridized carbons (Fsp3) is 0.0952. The molecule has 0 radical (unpaired) electrons. The zero-order valence-electron chi connectivity index (χ0n) is 14.0. The Morgan fingerprint density at radius 3 is 2.78 bits per heavy atom. The van der Waals surface area contributed by atoms with E-state index in [-0.39, 0.29) is 29.9 Å². The van der Waals surface area contributed by atoms with Crippen LogP contribution in [0.1, 0.15) is 39.6 Å². The summed E-state index contributed by atoms with van der Waals surface area (Å²) in [6.45, 7) is 0.